The molecule has 2 N–H and O–H groups in total. The van der Waals surface area contributed by atoms with Gasteiger partial charge in [0, 0.05) is 7.05 Å². The van der Waals surface area contributed by atoms with Crippen LogP contribution in [0.5, 0.6) is 0 Å². The zero-order chi connectivity index (χ0) is 10.1. The van der Waals surface area contributed by atoms with Gasteiger partial charge in [-0.3, -0.25) is 4.68 Å². The van der Waals surface area contributed by atoms with Crippen LogP contribution in [0.1, 0.15) is 17.4 Å². The molecule has 74 valence electrons. The van der Waals surface area contributed by atoms with Crippen LogP contribution in [0.2, 0.25) is 0 Å². The Morgan fingerprint density at radius 2 is 2.36 bits per heavy atom. The number of hydrogen-bond acceptors (Lipinski definition) is 5. The Morgan fingerprint density at radius 3 is 2.86 bits per heavy atom. The summed E-state index contributed by atoms with van der Waals surface area (Å²) in [7, 11) is 1.85. The zero-order valence-corrected chi connectivity index (χ0v) is 9.79. The second kappa shape index (κ2) is 3.76. The highest BCUT2D eigenvalue weighted by Crippen LogP contribution is 2.24. The maximum Gasteiger partial charge on any atom is 0.0971 e. The number of halogens is 1. The van der Waals surface area contributed by atoms with Crippen molar-refractivity contribution < 1.29 is 0 Å². The van der Waals surface area contributed by atoms with Crippen LogP contribution in [-0.2, 0) is 7.05 Å². The molecule has 0 aliphatic carbocycles. The number of rotatable bonds is 2. The van der Waals surface area contributed by atoms with Gasteiger partial charge in [0.25, 0.3) is 0 Å². The molecule has 2 heterocycles. The summed E-state index contributed by atoms with van der Waals surface area (Å²) in [5.41, 5.74) is 7.68. The molecule has 0 aliphatic heterocycles. The highest BCUT2D eigenvalue weighted by atomic mass is 79.9. The van der Waals surface area contributed by atoms with Crippen LogP contribution in [0.15, 0.2) is 16.9 Å². The molecular formula is C7H8BrN5S. The third-order valence-corrected chi connectivity index (χ3v) is 3.03. The second-order valence-corrected chi connectivity index (χ2v) is 4.22. The van der Waals surface area contributed by atoms with Crippen molar-refractivity contribution in [2.75, 3.05) is 0 Å². The molecule has 0 fully saturated rings. The average Bonchev–Trinajstić information content (AvgIpc) is 2.75. The number of hydrogen-bond donors (Lipinski definition) is 1. The number of nitrogens with two attached hydrogens (primary N) is 1. The van der Waals surface area contributed by atoms with Crippen molar-refractivity contribution in [2.45, 2.75) is 6.04 Å². The first-order valence-electron chi connectivity index (χ1n) is 3.90. The van der Waals surface area contributed by atoms with E-state index >= 15 is 0 Å². The molecule has 0 saturated carbocycles. The van der Waals surface area contributed by atoms with E-state index in [0.29, 0.717) is 0 Å². The molecule has 0 aromatic carbocycles. The minimum absolute atomic E-state index is 0.282. The van der Waals surface area contributed by atoms with Gasteiger partial charge in [-0.15, -0.1) is 0 Å². The lowest BCUT2D eigenvalue weighted by molar-refractivity contribution is 0.665. The number of nitrogens with zero attached hydrogens (tertiary/aromatic N) is 4. The van der Waals surface area contributed by atoms with E-state index in [4.69, 9.17) is 5.73 Å². The SMILES string of the molecule is Cn1ncc(Br)c1C(N)c1cnsn1. The van der Waals surface area contributed by atoms with Crippen LogP contribution >= 0.6 is 27.7 Å². The van der Waals surface area contributed by atoms with Crippen molar-refractivity contribution in [3.8, 4) is 0 Å². The summed E-state index contributed by atoms with van der Waals surface area (Å²) < 4.78 is 10.6. The molecule has 5 nitrogen and oxygen atoms in total. The predicted molar refractivity (Wildman–Crippen MR) is 56.8 cm³/mol. The Morgan fingerprint density at radius 1 is 1.57 bits per heavy atom. The first-order valence-corrected chi connectivity index (χ1v) is 5.43. The van der Waals surface area contributed by atoms with Gasteiger partial charge in [0.15, 0.2) is 0 Å². The molecule has 0 spiro atoms. The molecule has 2 aromatic heterocycles. The van der Waals surface area contributed by atoms with Crippen LogP contribution in [0.3, 0.4) is 0 Å². The first-order chi connectivity index (χ1) is 6.70. The highest BCUT2D eigenvalue weighted by Gasteiger charge is 2.18. The van der Waals surface area contributed by atoms with Gasteiger partial charge in [0.1, 0.15) is 0 Å². The minimum atomic E-state index is -0.282. The smallest absolute Gasteiger partial charge is 0.0971 e. The van der Waals surface area contributed by atoms with Crippen molar-refractivity contribution >= 4 is 27.7 Å². The Labute approximate surface area is 93.4 Å². The van der Waals surface area contributed by atoms with Crippen molar-refractivity contribution in [3.05, 3.63) is 28.3 Å². The molecular weight excluding hydrogens is 266 g/mol. The fourth-order valence-electron chi connectivity index (χ4n) is 1.22. The van der Waals surface area contributed by atoms with Crippen molar-refractivity contribution in [3.63, 3.8) is 0 Å². The monoisotopic (exact) mass is 273 g/mol. The molecule has 2 aromatic rings. The fraction of sp³-hybridized carbons (Fsp3) is 0.286. The van der Waals surface area contributed by atoms with E-state index in [2.05, 4.69) is 29.8 Å². The quantitative estimate of drug-likeness (QED) is 0.889. The fourth-order valence-corrected chi connectivity index (χ4v) is 2.27. The molecule has 7 heteroatoms. The van der Waals surface area contributed by atoms with Gasteiger partial charge in [0.2, 0.25) is 0 Å². The Bertz CT molecular complexity index is 404. The lowest BCUT2D eigenvalue weighted by atomic mass is 10.2. The molecule has 2 rings (SSSR count). The van der Waals surface area contributed by atoms with Crippen molar-refractivity contribution in [1.29, 1.82) is 0 Å². The summed E-state index contributed by atoms with van der Waals surface area (Å²) in [5.74, 6) is 0. The van der Waals surface area contributed by atoms with Gasteiger partial charge < -0.3 is 5.73 Å². The maximum absolute atomic E-state index is 6.02. The van der Waals surface area contributed by atoms with E-state index in [9.17, 15) is 0 Å². The topological polar surface area (TPSA) is 69.6 Å². The van der Waals surface area contributed by atoms with E-state index in [1.54, 1.807) is 17.1 Å². The van der Waals surface area contributed by atoms with Gasteiger partial charge in [-0.1, -0.05) is 0 Å². The van der Waals surface area contributed by atoms with Crippen LogP contribution in [0, 0.1) is 0 Å². The van der Waals surface area contributed by atoms with Crippen LogP contribution in [0.25, 0.3) is 0 Å². The van der Waals surface area contributed by atoms with E-state index in [-0.39, 0.29) is 6.04 Å². The Balaban J connectivity index is 2.41. The normalized spacial score (nSPS) is 13.1. The molecule has 0 saturated heterocycles. The van der Waals surface area contributed by atoms with Crippen LogP contribution < -0.4 is 5.73 Å². The number of aromatic nitrogens is 4. The summed E-state index contributed by atoms with van der Waals surface area (Å²) in [4.78, 5) is 0. The van der Waals surface area contributed by atoms with Gasteiger partial charge in [-0.05, 0) is 15.9 Å². The van der Waals surface area contributed by atoms with Crippen LogP contribution in [-0.4, -0.2) is 18.5 Å². The standard InChI is InChI=1S/C7H8BrN5S/c1-13-7(4(8)2-10-13)6(9)5-3-11-14-12-5/h2-3,6H,9H2,1H3. The highest BCUT2D eigenvalue weighted by molar-refractivity contribution is 9.10. The van der Waals surface area contributed by atoms with Crippen LogP contribution in [0.4, 0.5) is 0 Å². The summed E-state index contributed by atoms with van der Waals surface area (Å²) in [6.07, 6.45) is 3.39. The molecule has 0 aliphatic rings. The third-order valence-electron chi connectivity index (χ3n) is 1.93. The largest absolute Gasteiger partial charge is 0.318 e. The molecule has 0 radical (unpaired) electrons. The molecule has 1 atom stereocenters. The van der Waals surface area contributed by atoms with Crippen molar-refractivity contribution in [2.24, 2.45) is 12.8 Å². The lowest BCUT2D eigenvalue weighted by Crippen LogP contribution is -2.16. The zero-order valence-electron chi connectivity index (χ0n) is 7.38. The molecule has 0 bridgehead atoms. The summed E-state index contributed by atoms with van der Waals surface area (Å²) >= 11 is 4.55. The molecule has 1 unspecified atom stereocenters. The van der Waals surface area contributed by atoms with Gasteiger partial charge in [-0.2, -0.15) is 13.8 Å². The number of aryl methyl sites for hydroxylation is 1. The maximum atomic E-state index is 6.02. The van der Waals surface area contributed by atoms with E-state index < -0.39 is 0 Å². The summed E-state index contributed by atoms with van der Waals surface area (Å²) in [5, 5.41) is 4.09. The third kappa shape index (κ3) is 1.58. The van der Waals surface area contributed by atoms with Crippen molar-refractivity contribution in [1.82, 2.24) is 18.5 Å². The van der Waals surface area contributed by atoms with E-state index in [1.165, 1.54) is 0 Å². The van der Waals surface area contributed by atoms with E-state index in [1.807, 2.05) is 7.05 Å². The lowest BCUT2D eigenvalue weighted by Gasteiger charge is -2.09. The average molecular weight is 274 g/mol. The second-order valence-electron chi connectivity index (χ2n) is 2.81. The van der Waals surface area contributed by atoms with Gasteiger partial charge in [-0.25, -0.2) is 0 Å². The summed E-state index contributed by atoms with van der Waals surface area (Å²) in [6.45, 7) is 0. The van der Waals surface area contributed by atoms with Gasteiger partial charge >= 0.3 is 0 Å². The Kier molecular flexibility index (Phi) is 2.62. The van der Waals surface area contributed by atoms with Gasteiger partial charge in [0.05, 0.1) is 46.0 Å². The summed E-state index contributed by atoms with van der Waals surface area (Å²) in [6, 6.07) is -0.282. The minimum Gasteiger partial charge on any atom is -0.318 e. The first kappa shape index (κ1) is 9.75. The predicted octanol–water partition coefficient (Wildman–Crippen LogP) is 1.08. The molecule has 0 amide bonds. The van der Waals surface area contributed by atoms with E-state index in [0.717, 1.165) is 27.6 Å². The molecule has 14 heavy (non-hydrogen) atoms. The Hall–Kier alpha value is -0.790.